The standard InChI is InChI=1S/C32H36N6O3/c1-4-9-24-13-5-6-15-37(24)31(39)23-12-7-10-21(16-23)22-11-8-14-25(17-22)38-30(29(32(40)41)20(2)34-38)27-18-26(27)28-19-36(3)35-33-28/h7-8,10-12,14,16-17,19,24,26-27H,4-6,9,13,15,18H2,1-3H3,(H,40,41)/t24-,26?,27?/m1/s1. The molecule has 1 saturated carbocycles. The fourth-order valence-corrected chi connectivity index (χ4v) is 6.42. The number of aromatic carboxylic acids is 1. The fourth-order valence-electron chi connectivity index (χ4n) is 6.42. The highest BCUT2D eigenvalue weighted by molar-refractivity contribution is 5.96. The third kappa shape index (κ3) is 5.16. The Morgan fingerprint density at radius 2 is 1.83 bits per heavy atom. The zero-order valence-corrected chi connectivity index (χ0v) is 23.8. The van der Waals surface area contributed by atoms with Gasteiger partial charge < -0.3 is 10.0 Å². The number of rotatable bonds is 8. The summed E-state index contributed by atoms with van der Waals surface area (Å²) in [7, 11) is 1.83. The number of benzene rings is 2. The summed E-state index contributed by atoms with van der Waals surface area (Å²) in [5.74, 6) is -0.783. The third-order valence-corrected chi connectivity index (χ3v) is 8.50. The molecule has 0 radical (unpaired) electrons. The Labute approximate surface area is 239 Å². The molecule has 0 bridgehead atoms. The van der Waals surface area contributed by atoms with Crippen molar-refractivity contribution in [3.8, 4) is 16.8 Å². The average Bonchev–Trinajstić information content (AvgIpc) is 3.51. The lowest BCUT2D eigenvalue weighted by molar-refractivity contribution is 0.0600. The van der Waals surface area contributed by atoms with Crippen LogP contribution in [0.3, 0.4) is 0 Å². The number of nitrogens with zero attached hydrogens (tertiary/aromatic N) is 6. The van der Waals surface area contributed by atoms with Crippen molar-refractivity contribution in [2.45, 2.75) is 70.3 Å². The molecule has 1 N–H and O–H groups in total. The van der Waals surface area contributed by atoms with Crippen molar-refractivity contribution in [2.24, 2.45) is 7.05 Å². The van der Waals surface area contributed by atoms with Gasteiger partial charge in [-0.1, -0.05) is 42.8 Å². The van der Waals surface area contributed by atoms with E-state index in [1.165, 1.54) is 6.42 Å². The Morgan fingerprint density at radius 3 is 2.56 bits per heavy atom. The van der Waals surface area contributed by atoms with Crippen molar-refractivity contribution in [3.63, 3.8) is 0 Å². The first kappa shape index (κ1) is 26.9. The third-order valence-electron chi connectivity index (χ3n) is 8.50. The summed E-state index contributed by atoms with van der Waals surface area (Å²) in [5.41, 5.74) is 5.66. The van der Waals surface area contributed by atoms with Gasteiger partial charge in [-0.3, -0.25) is 9.48 Å². The van der Waals surface area contributed by atoms with Gasteiger partial charge in [0.05, 0.1) is 22.8 Å². The van der Waals surface area contributed by atoms with E-state index in [0.29, 0.717) is 23.0 Å². The molecule has 212 valence electrons. The number of piperidine rings is 1. The summed E-state index contributed by atoms with van der Waals surface area (Å²) in [4.78, 5) is 28.0. The Balaban J connectivity index is 1.33. The Hall–Kier alpha value is -4.27. The lowest BCUT2D eigenvalue weighted by Gasteiger charge is -2.36. The maximum absolute atomic E-state index is 13.6. The summed E-state index contributed by atoms with van der Waals surface area (Å²) < 4.78 is 3.45. The number of hydrogen-bond acceptors (Lipinski definition) is 5. The molecule has 4 aromatic rings. The van der Waals surface area contributed by atoms with E-state index in [2.05, 4.69) is 22.1 Å². The van der Waals surface area contributed by atoms with Gasteiger partial charge >= 0.3 is 5.97 Å². The van der Waals surface area contributed by atoms with E-state index >= 15 is 0 Å². The van der Waals surface area contributed by atoms with Crippen LogP contribution < -0.4 is 0 Å². The van der Waals surface area contributed by atoms with Gasteiger partial charge in [0, 0.05) is 43.2 Å². The largest absolute Gasteiger partial charge is 0.478 e. The lowest BCUT2D eigenvalue weighted by atomic mass is 9.96. The Morgan fingerprint density at radius 1 is 1.05 bits per heavy atom. The normalized spacial score (nSPS) is 20.3. The predicted molar refractivity (Wildman–Crippen MR) is 155 cm³/mol. The molecular weight excluding hydrogens is 516 g/mol. The highest BCUT2D eigenvalue weighted by Crippen LogP contribution is 2.55. The van der Waals surface area contributed by atoms with Gasteiger partial charge in [0.15, 0.2) is 0 Å². The van der Waals surface area contributed by atoms with Crippen LogP contribution >= 0.6 is 0 Å². The average molecular weight is 553 g/mol. The maximum Gasteiger partial charge on any atom is 0.339 e. The molecule has 2 fully saturated rings. The van der Waals surface area contributed by atoms with Crippen LogP contribution in [0.2, 0.25) is 0 Å². The summed E-state index contributed by atoms with van der Waals surface area (Å²) in [6.45, 7) is 4.73. The van der Waals surface area contributed by atoms with Crippen molar-refractivity contribution in [1.29, 1.82) is 0 Å². The summed E-state index contributed by atoms with van der Waals surface area (Å²) in [6, 6.07) is 16.1. The van der Waals surface area contributed by atoms with Gasteiger partial charge in [0.25, 0.3) is 5.91 Å². The van der Waals surface area contributed by atoms with Gasteiger partial charge in [-0.25, -0.2) is 9.48 Å². The molecule has 0 spiro atoms. The fraction of sp³-hybridized carbons (Fsp3) is 0.406. The number of carboxylic acids is 1. The smallest absolute Gasteiger partial charge is 0.339 e. The van der Waals surface area contributed by atoms with Gasteiger partial charge in [-0.05, 0) is 74.4 Å². The van der Waals surface area contributed by atoms with Crippen LogP contribution in [0.4, 0.5) is 0 Å². The van der Waals surface area contributed by atoms with Crippen LogP contribution in [0, 0.1) is 6.92 Å². The first-order valence-corrected chi connectivity index (χ1v) is 14.6. The predicted octanol–water partition coefficient (Wildman–Crippen LogP) is 5.74. The van der Waals surface area contributed by atoms with Crippen molar-refractivity contribution in [3.05, 3.63) is 82.9 Å². The van der Waals surface area contributed by atoms with Crippen LogP contribution in [0.25, 0.3) is 16.8 Å². The van der Waals surface area contributed by atoms with Crippen molar-refractivity contribution >= 4 is 11.9 Å². The molecule has 6 rings (SSSR count). The van der Waals surface area contributed by atoms with Crippen LogP contribution in [0.5, 0.6) is 0 Å². The maximum atomic E-state index is 13.6. The second-order valence-electron chi connectivity index (χ2n) is 11.4. The molecule has 41 heavy (non-hydrogen) atoms. The summed E-state index contributed by atoms with van der Waals surface area (Å²) in [5, 5.41) is 23.1. The summed E-state index contributed by atoms with van der Waals surface area (Å²) in [6.07, 6.45) is 8.10. The monoisotopic (exact) mass is 552 g/mol. The van der Waals surface area contributed by atoms with Gasteiger partial charge in [0.1, 0.15) is 5.56 Å². The second kappa shape index (κ2) is 11.0. The molecule has 3 heterocycles. The number of hydrogen-bond donors (Lipinski definition) is 1. The van der Waals surface area contributed by atoms with Gasteiger partial charge in [0.2, 0.25) is 0 Å². The van der Waals surface area contributed by atoms with E-state index in [4.69, 9.17) is 5.10 Å². The lowest BCUT2D eigenvalue weighted by Crippen LogP contribution is -2.43. The van der Waals surface area contributed by atoms with E-state index < -0.39 is 5.97 Å². The molecule has 1 aliphatic carbocycles. The van der Waals surface area contributed by atoms with E-state index in [1.54, 1.807) is 16.3 Å². The van der Waals surface area contributed by atoms with Crippen LogP contribution in [0.15, 0.2) is 54.7 Å². The minimum Gasteiger partial charge on any atom is -0.478 e. The zero-order chi connectivity index (χ0) is 28.7. The number of likely N-dealkylation sites (tertiary alicyclic amines) is 1. The zero-order valence-electron chi connectivity index (χ0n) is 23.8. The quantitative estimate of drug-likeness (QED) is 0.299. The molecule has 1 aliphatic heterocycles. The SMILES string of the molecule is CCC[C@@H]1CCCCN1C(=O)c1cccc(-c2cccc(-n3nc(C)c(C(=O)O)c3C3CC3c3cn(C)nn3)c2)c1. The molecule has 2 unspecified atom stereocenters. The Bertz CT molecular complexity index is 1600. The number of aryl methyl sites for hydroxylation is 2. The molecule has 9 heteroatoms. The van der Waals surface area contributed by atoms with E-state index in [1.807, 2.05) is 61.8 Å². The van der Waals surface area contributed by atoms with Crippen LogP contribution in [-0.4, -0.2) is 59.2 Å². The van der Waals surface area contributed by atoms with Crippen molar-refractivity contribution in [2.75, 3.05) is 6.54 Å². The molecule has 3 atom stereocenters. The van der Waals surface area contributed by atoms with Crippen LogP contribution in [-0.2, 0) is 7.05 Å². The van der Waals surface area contributed by atoms with E-state index in [-0.39, 0.29) is 23.3 Å². The van der Waals surface area contributed by atoms with Crippen molar-refractivity contribution < 1.29 is 14.7 Å². The highest BCUT2D eigenvalue weighted by atomic mass is 16.4. The number of carbonyl (C=O) groups is 2. The first-order chi connectivity index (χ1) is 19.9. The summed E-state index contributed by atoms with van der Waals surface area (Å²) >= 11 is 0. The molecule has 9 nitrogen and oxygen atoms in total. The number of amides is 1. The number of aromatic nitrogens is 5. The van der Waals surface area contributed by atoms with Gasteiger partial charge in [-0.15, -0.1) is 5.10 Å². The van der Waals surface area contributed by atoms with E-state index in [0.717, 1.165) is 61.2 Å². The molecule has 2 aromatic heterocycles. The number of carbonyl (C=O) groups excluding carboxylic acids is 1. The molecular formula is C32H36N6O3. The van der Waals surface area contributed by atoms with Gasteiger partial charge in [-0.2, -0.15) is 5.10 Å². The molecule has 1 saturated heterocycles. The number of carboxylic acid groups (broad SMARTS) is 1. The Kier molecular flexibility index (Phi) is 7.19. The van der Waals surface area contributed by atoms with Crippen LogP contribution in [0.1, 0.15) is 95.1 Å². The minimum atomic E-state index is -0.977. The highest BCUT2D eigenvalue weighted by Gasteiger charge is 2.46. The molecule has 1 amide bonds. The second-order valence-corrected chi connectivity index (χ2v) is 11.4. The first-order valence-electron chi connectivity index (χ1n) is 14.6. The van der Waals surface area contributed by atoms with E-state index in [9.17, 15) is 14.7 Å². The topological polar surface area (TPSA) is 106 Å². The van der Waals surface area contributed by atoms with Crippen molar-refractivity contribution in [1.82, 2.24) is 29.7 Å². The molecule has 2 aromatic carbocycles. The minimum absolute atomic E-state index is 0.00999. The molecule has 2 aliphatic rings.